The largest absolute Gasteiger partial charge is 0.497 e. The van der Waals surface area contributed by atoms with Crippen LogP contribution >= 0.6 is 11.5 Å². The lowest BCUT2D eigenvalue weighted by Crippen LogP contribution is -2.46. The van der Waals surface area contributed by atoms with E-state index in [2.05, 4.69) is 9.69 Å². The highest BCUT2D eigenvalue weighted by Crippen LogP contribution is 2.38. The molecule has 1 unspecified atom stereocenters. The summed E-state index contributed by atoms with van der Waals surface area (Å²) >= 11 is 0.756. The van der Waals surface area contributed by atoms with Gasteiger partial charge in [-0.25, -0.2) is 0 Å². The van der Waals surface area contributed by atoms with Crippen LogP contribution in [0.5, 0.6) is 11.5 Å². The normalized spacial score (nSPS) is 14.1. The summed E-state index contributed by atoms with van der Waals surface area (Å²) in [6.07, 6.45) is 3.76. The lowest BCUT2D eigenvalue weighted by Gasteiger charge is -2.33. The van der Waals surface area contributed by atoms with Crippen molar-refractivity contribution in [3.8, 4) is 11.5 Å². The van der Waals surface area contributed by atoms with Crippen LogP contribution in [0.1, 0.15) is 57.4 Å². The van der Waals surface area contributed by atoms with E-state index in [9.17, 15) is 14.4 Å². The second-order valence-electron chi connectivity index (χ2n) is 8.65. The summed E-state index contributed by atoms with van der Waals surface area (Å²) in [4.78, 5) is 41.2. The van der Waals surface area contributed by atoms with Gasteiger partial charge in [-0.1, -0.05) is 31.0 Å². The van der Waals surface area contributed by atoms with Crippen LogP contribution < -0.4 is 31.2 Å². The van der Waals surface area contributed by atoms with E-state index >= 15 is 0 Å². The monoisotopic (exact) mass is 523 g/mol. The lowest BCUT2D eigenvalue weighted by atomic mass is 10.00. The zero-order valence-electron chi connectivity index (χ0n) is 20.6. The SMILES string of the molecule is COc1ccc(OC)c(C(C(=O)NC2CCCC2)N(C(=O)c2snc(C(N)=O)c2N)c2ccccc2)c1. The number of nitrogens with zero attached hydrogens (tertiary/aromatic N) is 2. The minimum absolute atomic E-state index is 0.00168. The third kappa shape index (κ3) is 5.36. The van der Waals surface area contributed by atoms with Crippen molar-refractivity contribution in [3.05, 3.63) is 64.7 Å². The highest BCUT2D eigenvalue weighted by Gasteiger charge is 2.38. The molecule has 10 nitrogen and oxygen atoms in total. The first-order valence-electron chi connectivity index (χ1n) is 11.8. The number of carbonyl (C=O) groups excluding carboxylic acids is 3. The molecule has 0 saturated heterocycles. The Morgan fingerprint density at radius 1 is 1.08 bits per heavy atom. The molecule has 0 radical (unpaired) electrons. The smallest absolute Gasteiger partial charge is 0.273 e. The van der Waals surface area contributed by atoms with E-state index in [1.807, 2.05) is 0 Å². The van der Waals surface area contributed by atoms with Gasteiger partial charge in [-0.3, -0.25) is 19.3 Å². The Kier molecular flexibility index (Phi) is 7.92. The van der Waals surface area contributed by atoms with Gasteiger partial charge >= 0.3 is 0 Å². The molecule has 3 amide bonds. The number of hydrogen-bond acceptors (Lipinski definition) is 8. The van der Waals surface area contributed by atoms with Gasteiger partial charge in [0.1, 0.15) is 22.4 Å². The topological polar surface area (TPSA) is 150 Å². The van der Waals surface area contributed by atoms with E-state index in [1.54, 1.807) is 48.5 Å². The molecule has 11 heteroatoms. The first kappa shape index (κ1) is 26.0. The number of nitrogens with one attached hydrogen (secondary N) is 1. The predicted molar refractivity (Wildman–Crippen MR) is 141 cm³/mol. The third-order valence-corrected chi connectivity index (χ3v) is 7.20. The van der Waals surface area contributed by atoms with Gasteiger partial charge in [0, 0.05) is 17.3 Å². The zero-order chi connectivity index (χ0) is 26.5. The second kappa shape index (κ2) is 11.3. The minimum Gasteiger partial charge on any atom is -0.497 e. The molecule has 4 rings (SSSR count). The molecule has 1 aromatic heterocycles. The van der Waals surface area contributed by atoms with Crippen LogP contribution in [0.3, 0.4) is 0 Å². The maximum absolute atomic E-state index is 14.1. The van der Waals surface area contributed by atoms with Crippen molar-refractivity contribution in [3.63, 3.8) is 0 Å². The summed E-state index contributed by atoms with van der Waals surface area (Å²) in [6.45, 7) is 0. The van der Waals surface area contributed by atoms with Crippen molar-refractivity contribution < 1.29 is 23.9 Å². The van der Waals surface area contributed by atoms with Gasteiger partial charge in [0.25, 0.3) is 11.8 Å². The quantitative estimate of drug-likeness (QED) is 0.389. The Bertz CT molecular complexity index is 1290. The van der Waals surface area contributed by atoms with E-state index in [0.29, 0.717) is 22.7 Å². The zero-order valence-corrected chi connectivity index (χ0v) is 21.4. The van der Waals surface area contributed by atoms with E-state index in [4.69, 9.17) is 20.9 Å². The van der Waals surface area contributed by atoms with Crippen LogP contribution in [0.25, 0.3) is 0 Å². The number of benzene rings is 2. The van der Waals surface area contributed by atoms with Crippen LogP contribution in [-0.4, -0.2) is 42.4 Å². The molecular weight excluding hydrogens is 494 g/mol. The fourth-order valence-corrected chi connectivity index (χ4v) is 5.25. The van der Waals surface area contributed by atoms with Crippen molar-refractivity contribution in [2.75, 3.05) is 24.9 Å². The number of carbonyl (C=O) groups is 3. The number of para-hydroxylation sites is 1. The Morgan fingerprint density at radius 2 is 1.78 bits per heavy atom. The number of rotatable bonds is 9. The number of amides is 3. The molecule has 1 heterocycles. The van der Waals surface area contributed by atoms with Crippen molar-refractivity contribution in [1.29, 1.82) is 0 Å². The average molecular weight is 524 g/mol. The Hall–Kier alpha value is -4.12. The third-order valence-electron chi connectivity index (χ3n) is 6.35. The molecule has 0 spiro atoms. The molecule has 5 N–H and O–H groups in total. The molecule has 1 aliphatic carbocycles. The van der Waals surface area contributed by atoms with Gasteiger partial charge in [0.15, 0.2) is 5.69 Å². The van der Waals surface area contributed by atoms with Crippen molar-refractivity contribution in [1.82, 2.24) is 9.69 Å². The molecule has 194 valence electrons. The van der Waals surface area contributed by atoms with Crippen LogP contribution in [0.15, 0.2) is 48.5 Å². The molecule has 1 aliphatic rings. The summed E-state index contributed by atoms with van der Waals surface area (Å²) in [7, 11) is 3.01. The van der Waals surface area contributed by atoms with Crippen molar-refractivity contribution in [2.24, 2.45) is 5.73 Å². The van der Waals surface area contributed by atoms with Gasteiger partial charge in [-0.2, -0.15) is 4.37 Å². The van der Waals surface area contributed by atoms with Crippen LogP contribution in [0, 0.1) is 0 Å². The summed E-state index contributed by atoms with van der Waals surface area (Å²) in [5.74, 6) is -0.942. The summed E-state index contributed by atoms with van der Waals surface area (Å²) in [5, 5.41) is 3.11. The summed E-state index contributed by atoms with van der Waals surface area (Å²) < 4.78 is 15.0. The number of ether oxygens (including phenoxy) is 2. The van der Waals surface area contributed by atoms with Crippen molar-refractivity contribution >= 4 is 40.6 Å². The van der Waals surface area contributed by atoms with E-state index in [1.165, 1.54) is 19.1 Å². The second-order valence-corrected chi connectivity index (χ2v) is 9.42. The van der Waals surface area contributed by atoms with E-state index in [-0.39, 0.29) is 28.2 Å². The van der Waals surface area contributed by atoms with Crippen molar-refractivity contribution in [2.45, 2.75) is 37.8 Å². The molecule has 37 heavy (non-hydrogen) atoms. The number of anilines is 2. The lowest BCUT2D eigenvalue weighted by molar-refractivity contribution is -0.123. The number of primary amides is 1. The fourth-order valence-electron chi connectivity index (χ4n) is 4.51. The standard InChI is InChI=1S/C26H29N5O5S/c1-35-17-12-13-19(36-2)18(14-17)22(25(33)29-15-8-6-7-9-15)31(16-10-4-3-5-11-16)26(34)23-20(27)21(24(28)32)30-37-23/h3-5,10-15,22H,6-9,27H2,1-2H3,(H2,28,32)(H,29,33). The van der Waals surface area contributed by atoms with Crippen LogP contribution in [-0.2, 0) is 4.79 Å². The van der Waals surface area contributed by atoms with Gasteiger partial charge in [0.2, 0.25) is 5.91 Å². The maximum Gasteiger partial charge on any atom is 0.273 e. The molecule has 1 saturated carbocycles. The molecule has 0 aliphatic heterocycles. The van der Waals surface area contributed by atoms with E-state index in [0.717, 1.165) is 37.2 Å². The van der Waals surface area contributed by atoms with Gasteiger partial charge < -0.3 is 26.3 Å². The first-order valence-corrected chi connectivity index (χ1v) is 12.6. The Balaban J connectivity index is 1.91. The number of nitrogen functional groups attached to an aromatic ring is 1. The average Bonchev–Trinajstić information content (AvgIpc) is 3.56. The highest BCUT2D eigenvalue weighted by molar-refractivity contribution is 7.09. The number of nitrogens with two attached hydrogens (primary N) is 2. The Labute approximate surface area is 218 Å². The maximum atomic E-state index is 14.1. The van der Waals surface area contributed by atoms with Gasteiger partial charge in [-0.15, -0.1) is 0 Å². The number of methoxy groups -OCH3 is 2. The Morgan fingerprint density at radius 3 is 2.38 bits per heavy atom. The molecule has 0 bridgehead atoms. The van der Waals surface area contributed by atoms with Crippen LogP contribution in [0.2, 0.25) is 0 Å². The molecule has 2 aromatic carbocycles. The molecular formula is C26H29N5O5S. The molecule has 1 atom stereocenters. The number of hydrogen-bond donors (Lipinski definition) is 3. The predicted octanol–water partition coefficient (Wildman–Crippen LogP) is 3.29. The highest BCUT2D eigenvalue weighted by atomic mass is 32.1. The summed E-state index contributed by atoms with van der Waals surface area (Å²) in [5.41, 5.74) is 12.1. The summed E-state index contributed by atoms with van der Waals surface area (Å²) in [6, 6.07) is 12.7. The van der Waals surface area contributed by atoms with Crippen LogP contribution in [0.4, 0.5) is 11.4 Å². The fraction of sp³-hybridized carbons (Fsp3) is 0.308. The van der Waals surface area contributed by atoms with E-state index < -0.39 is 17.9 Å². The first-order chi connectivity index (χ1) is 17.8. The molecule has 3 aromatic rings. The molecule has 1 fully saturated rings. The number of aromatic nitrogens is 1. The minimum atomic E-state index is -1.15. The van der Waals surface area contributed by atoms with Gasteiger partial charge in [0.05, 0.1) is 19.9 Å². The van der Waals surface area contributed by atoms with Gasteiger partial charge in [-0.05, 0) is 54.7 Å².